The summed E-state index contributed by atoms with van der Waals surface area (Å²) in [5, 5.41) is 4.58. The van der Waals surface area contributed by atoms with Crippen LogP contribution in [0.3, 0.4) is 0 Å². The predicted octanol–water partition coefficient (Wildman–Crippen LogP) is 3.95. The molecule has 96 valence electrons. The molecule has 0 saturated heterocycles. The zero-order valence-electron chi connectivity index (χ0n) is 10.6. The number of benzene rings is 1. The molecule has 0 bridgehead atoms. The molecule has 19 heavy (non-hydrogen) atoms. The van der Waals surface area contributed by atoms with Gasteiger partial charge in [0.25, 0.3) is 0 Å². The summed E-state index contributed by atoms with van der Waals surface area (Å²) < 4.78 is 3.11. The van der Waals surface area contributed by atoms with Crippen molar-refractivity contribution in [3.63, 3.8) is 0 Å². The van der Waals surface area contributed by atoms with Gasteiger partial charge in [0, 0.05) is 35.0 Å². The van der Waals surface area contributed by atoms with Crippen LogP contribution >= 0.6 is 15.9 Å². The second-order valence-electron chi connectivity index (χ2n) is 4.49. The van der Waals surface area contributed by atoms with Crippen molar-refractivity contribution in [3.05, 3.63) is 59.0 Å². The number of fused-ring (bicyclic) bond motifs is 1. The minimum Gasteiger partial charge on any atom is -0.378 e. The quantitative estimate of drug-likeness (QED) is 0.793. The van der Waals surface area contributed by atoms with Gasteiger partial charge < -0.3 is 9.88 Å². The molecule has 4 heteroatoms. The molecule has 1 aromatic carbocycles. The smallest absolute Gasteiger partial charge is 0.0934 e. The number of para-hydroxylation sites is 1. The molecule has 3 aromatic rings. The highest BCUT2D eigenvalue weighted by Gasteiger charge is 2.03. The third-order valence-corrected chi connectivity index (χ3v) is 3.62. The van der Waals surface area contributed by atoms with Crippen LogP contribution in [0, 0.1) is 0 Å². The molecule has 0 spiro atoms. The van der Waals surface area contributed by atoms with Crippen LogP contribution in [0.15, 0.2) is 53.3 Å². The van der Waals surface area contributed by atoms with E-state index in [1.54, 1.807) is 0 Å². The summed E-state index contributed by atoms with van der Waals surface area (Å²) in [4.78, 5) is 4.49. The molecular formula is C15H14BrN3. The van der Waals surface area contributed by atoms with Crippen LogP contribution in [-0.4, -0.2) is 9.55 Å². The van der Waals surface area contributed by atoms with Crippen molar-refractivity contribution in [2.45, 2.75) is 6.54 Å². The van der Waals surface area contributed by atoms with Gasteiger partial charge in [0.15, 0.2) is 0 Å². The first-order valence-corrected chi connectivity index (χ1v) is 6.92. The summed E-state index contributed by atoms with van der Waals surface area (Å²) in [6.07, 6.45) is 3.88. The maximum absolute atomic E-state index is 4.49. The molecule has 0 aliphatic heterocycles. The number of nitrogens with one attached hydrogen (secondary N) is 1. The van der Waals surface area contributed by atoms with E-state index in [1.807, 2.05) is 12.3 Å². The second kappa shape index (κ2) is 5.05. The number of halogens is 1. The van der Waals surface area contributed by atoms with E-state index in [0.717, 1.165) is 27.6 Å². The summed E-state index contributed by atoms with van der Waals surface area (Å²) in [5.41, 5.74) is 3.31. The van der Waals surface area contributed by atoms with Crippen LogP contribution in [0.2, 0.25) is 0 Å². The van der Waals surface area contributed by atoms with Gasteiger partial charge in [-0.1, -0.05) is 12.1 Å². The molecule has 0 atom stereocenters. The van der Waals surface area contributed by atoms with Crippen molar-refractivity contribution < 1.29 is 0 Å². The van der Waals surface area contributed by atoms with Gasteiger partial charge >= 0.3 is 0 Å². The molecule has 2 aromatic heterocycles. The number of aromatic nitrogens is 2. The standard InChI is InChI=1S/C15H14BrN3/c1-19-7-3-5-13(19)10-17-14-6-2-4-11-8-12(16)9-18-15(11)14/h2-9,17H,10H2,1H3. The van der Waals surface area contributed by atoms with Gasteiger partial charge in [-0.15, -0.1) is 0 Å². The van der Waals surface area contributed by atoms with Gasteiger partial charge in [0.2, 0.25) is 0 Å². The molecule has 1 N–H and O–H groups in total. The van der Waals surface area contributed by atoms with Crippen molar-refractivity contribution in [1.29, 1.82) is 0 Å². The lowest BCUT2D eigenvalue weighted by atomic mass is 10.2. The van der Waals surface area contributed by atoms with Gasteiger partial charge in [-0.2, -0.15) is 0 Å². The van der Waals surface area contributed by atoms with Crippen molar-refractivity contribution in [3.8, 4) is 0 Å². The van der Waals surface area contributed by atoms with E-state index in [1.165, 1.54) is 5.69 Å². The summed E-state index contributed by atoms with van der Waals surface area (Å²) in [6, 6.07) is 12.4. The Morgan fingerprint density at radius 3 is 2.95 bits per heavy atom. The molecule has 2 heterocycles. The zero-order valence-corrected chi connectivity index (χ0v) is 12.2. The van der Waals surface area contributed by atoms with E-state index in [2.05, 4.69) is 74.4 Å². The van der Waals surface area contributed by atoms with Gasteiger partial charge in [-0.05, 0) is 40.2 Å². The Kier molecular flexibility index (Phi) is 3.25. The summed E-state index contributed by atoms with van der Waals surface area (Å²) in [6.45, 7) is 0.792. The van der Waals surface area contributed by atoms with Gasteiger partial charge in [0.1, 0.15) is 0 Å². The van der Waals surface area contributed by atoms with Crippen LogP contribution in [0.4, 0.5) is 5.69 Å². The molecule has 0 aliphatic rings. The van der Waals surface area contributed by atoms with Crippen LogP contribution < -0.4 is 5.32 Å². The second-order valence-corrected chi connectivity index (χ2v) is 5.41. The first-order chi connectivity index (χ1) is 9.24. The largest absolute Gasteiger partial charge is 0.378 e. The molecule has 0 amide bonds. The van der Waals surface area contributed by atoms with Gasteiger partial charge in [0.05, 0.1) is 17.7 Å². The third-order valence-electron chi connectivity index (χ3n) is 3.19. The normalized spacial score (nSPS) is 10.8. The lowest BCUT2D eigenvalue weighted by Crippen LogP contribution is -2.04. The number of hydrogen-bond acceptors (Lipinski definition) is 2. The first-order valence-electron chi connectivity index (χ1n) is 6.12. The fraction of sp³-hybridized carbons (Fsp3) is 0.133. The average Bonchev–Trinajstić information content (AvgIpc) is 2.81. The number of anilines is 1. The van der Waals surface area contributed by atoms with E-state index in [-0.39, 0.29) is 0 Å². The fourth-order valence-corrected chi connectivity index (χ4v) is 2.49. The number of hydrogen-bond donors (Lipinski definition) is 1. The Balaban J connectivity index is 1.91. The minimum atomic E-state index is 0.792. The molecule has 0 aliphatic carbocycles. The molecular weight excluding hydrogens is 302 g/mol. The molecule has 0 unspecified atom stereocenters. The fourth-order valence-electron chi connectivity index (χ4n) is 2.14. The van der Waals surface area contributed by atoms with Crippen molar-refractivity contribution >= 4 is 32.5 Å². The topological polar surface area (TPSA) is 29.9 Å². The zero-order chi connectivity index (χ0) is 13.2. The van der Waals surface area contributed by atoms with Gasteiger partial charge in [-0.25, -0.2) is 0 Å². The molecule has 0 saturated carbocycles. The van der Waals surface area contributed by atoms with E-state index < -0.39 is 0 Å². The monoisotopic (exact) mass is 315 g/mol. The average molecular weight is 316 g/mol. The number of rotatable bonds is 3. The third kappa shape index (κ3) is 2.49. The number of pyridine rings is 1. The summed E-state index contributed by atoms with van der Waals surface area (Å²) in [7, 11) is 2.05. The molecule has 3 rings (SSSR count). The van der Waals surface area contributed by atoms with Gasteiger partial charge in [-0.3, -0.25) is 4.98 Å². The SMILES string of the molecule is Cn1cccc1CNc1cccc2cc(Br)cnc12. The molecule has 3 nitrogen and oxygen atoms in total. The van der Waals surface area contributed by atoms with Crippen LogP contribution in [0.5, 0.6) is 0 Å². The Morgan fingerprint density at radius 1 is 1.26 bits per heavy atom. The number of nitrogens with zero attached hydrogens (tertiary/aromatic N) is 2. The Labute approximate surface area is 120 Å². The Bertz CT molecular complexity index is 718. The maximum Gasteiger partial charge on any atom is 0.0934 e. The lowest BCUT2D eigenvalue weighted by Gasteiger charge is -2.10. The highest BCUT2D eigenvalue weighted by Crippen LogP contribution is 2.24. The highest BCUT2D eigenvalue weighted by molar-refractivity contribution is 9.10. The summed E-state index contributed by atoms with van der Waals surface area (Å²) in [5.74, 6) is 0. The Hall–Kier alpha value is -1.81. The van der Waals surface area contributed by atoms with Crippen LogP contribution in [0.25, 0.3) is 10.9 Å². The highest BCUT2D eigenvalue weighted by atomic mass is 79.9. The maximum atomic E-state index is 4.49. The van der Waals surface area contributed by atoms with E-state index in [0.29, 0.717) is 0 Å². The van der Waals surface area contributed by atoms with E-state index in [4.69, 9.17) is 0 Å². The van der Waals surface area contributed by atoms with Crippen molar-refractivity contribution in [1.82, 2.24) is 9.55 Å². The predicted molar refractivity (Wildman–Crippen MR) is 82.2 cm³/mol. The van der Waals surface area contributed by atoms with Crippen molar-refractivity contribution in [2.75, 3.05) is 5.32 Å². The molecule has 0 radical (unpaired) electrons. The van der Waals surface area contributed by atoms with E-state index >= 15 is 0 Å². The lowest BCUT2D eigenvalue weighted by molar-refractivity contribution is 0.843. The number of aryl methyl sites for hydroxylation is 1. The van der Waals surface area contributed by atoms with Crippen LogP contribution in [0.1, 0.15) is 5.69 Å². The summed E-state index contributed by atoms with van der Waals surface area (Å²) >= 11 is 3.45. The van der Waals surface area contributed by atoms with E-state index in [9.17, 15) is 0 Å². The van der Waals surface area contributed by atoms with Crippen LogP contribution in [-0.2, 0) is 13.6 Å². The minimum absolute atomic E-state index is 0.792. The van der Waals surface area contributed by atoms with Crippen molar-refractivity contribution in [2.24, 2.45) is 7.05 Å². The first kappa shape index (κ1) is 12.2. The molecule has 0 fully saturated rings. The Morgan fingerprint density at radius 2 is 2.16 bits per heavy atom.